The van der Waals surface area contributed by atoms with Crippen LogP contribution in [0.2, 0.25) is 0 Å². The molecule has 0 aromatic rings. The maximum Gasteiger partial charge on any atom is 0.0510 e. The number of nitrogens with zero attached hydrogens (tertiary/aromatic N) is 1. The topological polar surface area (TPSA) is 12.5 Å². The van der Waals surface area contributed by atoms with E-state index < -0.39 is 0 Å². The van der Waals surface area contributed by atoms with Gasteiger partial charge in [-0.1, -0.05) is 0 Å². The minimum absolute atomic E-state index is 0.352. The highest BCUT2D eigenvalue weighted by Gasteiger charge is 2.40. The van der Waals surface area contributed by atoms with Crippen LogP contribution < -0.4 is 0 Å². The van der Waals surface area contributed by atoms with Gasteiger partial charge in [-0.3, -0.25) is 4.90 Å². The summed E-state index contributed by atoms with van der Waals surface area (Å²) in [5.74, 6) is 1.65. The van der Waals surface area contributed by atoms with Crippen LogP contribution in [0.25, 0.3) is 0 Å². The zero-order valence-corrected chi connectivity index (χ0v) is 8.34. The Kier molecular flexibility index (Phi) is 1.92. The molecule has 0 N–H and O–H groups in total. The molecular weight excluding hydrogens is 150 g/mol. The van der Waals surface area contributed by atoms with Crippen molar-refractivity contribution in [1.29, 1.82) is 0 Å². The second-order valence-corrected chi connectivity index (χ2v) is 5.13. The van der Waals surface area contributed by atoms with E-state index in [0.717, 1.165) is 25.0 Å². The van der Waals surface area contributed by atoms with E-state index in [1.165, 1.54) is 13.1 Å². The van der Waals surface area contributed by atoms with E-state index in [2.05, 4.69) is 25.7 Å². The molecule has 2 heteroatoms. The van der Waals surface area contributed by atoms with Gasteiger partial charge in [0.2, 0.25) is 0 Å². The summed E-state index contributed by atoms with van der Waals surface area (Å²) in [6.45, 7) is 11.4. The Morgan fingerprint density at radius 1 is 1.08 bits per heavy atom. The third-order valence-corrected chi connectivity index (χ3v) is 3.19. The SMILES string of the molecule is CC(C)(C)N1C[C@H]2COC[C@H]2C1. The molecule has 0 amide bonds. The Morgan fingerprint density at radius 2 is 1.58 bits per heavy atom. The predicted octanol–water partition coefficient (Wildman–Crippen LogP) is 1.36. The first-order valence-electron chi connectivity index (χ1n) is 4.90. The molecule has 0 bridgehead atoms. The van der Waals surface area contributed by atoms with Gasteiger partial charge in [-0.15, -0.1) is 0 Å². The number of fused-ring (bicyclic) bond motifs is 1. The highest BCUT2D eigenvalue weighted by atomic mass is 16.5. The van der Waals surface area contributed by atoms with Crippen molar-refractivity contribution in [1.82, 2.24) is 4.90 Å². The van der Waals surface area contributed by atoms with Crippen LogP contribution in [0.3, 0.4) is 0 Å². The van der Waals surface area contributed by atoms with Gasteiger partial charge in [-0.05, 0) is 20.8 Å². The molecule has 0 aromatic heterocycles. The van der Waals surface area contributed by atoms with E-state index in [-0.39, 0.29) is 0 Å². The van der Waals surface area contributed by atoms with Crippen LogP contribution in [0.1, 0.15) is 20.8 Å². The number of rotatable bonds is 0. The van der Waals surface area contributed by atoms with Crippen LogP contribution in [-0.2, 0) is 4.74 Å². The molecule has 2 nitrogen and oxygen atoms in total. The minimum Gasteiger partial charge on any atom is -0.381 e. The molecule has 2 aliphatic heterocycles. The van der Waals surface area contributed by atoms with Crippen molar-refractivity contribution in [3.8, 4) is 0 Å². The average molecular weight is 169 g/mol. The molecule has 0 saturated carbocycles. The zero-order chi connectivity index (χ0) is 8.77. The summed E-state index contributed by atoms with van der Waals surface area (Å²) < 4.78 is 5.45. The average Bonchev–Trinajstić information content (AvgIpc) is 2.37. The van der Waals surface area contributed by atoms with Crippen LogP contribution >= 0.6 is 0 Å². The van der Waals surface area contributed by atoms with Gasteiger partial charge in [0.1, 0.15) is 0 Å². The van der Waals surface area contributed by atoms with Gasteiger partial charge in [-0.25, -0.2) is 0 Å². The molecule has 0 aliphatic carbocycles. The largest absolute Gasteiger partial charge is 0.381 e. The Hall–Kier alpha value is -0.0800. The zero-order valence-electron chi connectivity index (χ0n) is 8.34. The lowest BCUT2D eigenvalue weighted by Gasteiger charge is -2.32. The summed E-state index contributed by atoms with van der Waals surface area (Å²) in [7, 11) is 0. The van der Waals surface area contributed by atoms with Gasteiger partial charge in [0.25, 0.3) is 0 Å². The Balaban J connectivity index is 1.99. The first-order chi connectivity index (χ1) is 5.57. The van der Waals surface area contributed by atoms with Crippen LogP contribution in [-0.4, -0.2) is 36.7 Å². The third-order valence-electron chi connectivity index (χ3n) is 3.19. The van der Waals surface area contributed by atoms with E-state index >= 15 is 0 Å². The predicted molar refractivity (Wildman–Crippen MR) is 49.1 cm³/mol. The number of hydrogen-bond donors (Lipinski definition) is 0. The van der Waals surface area contributed by atoms with E-state index in [1.807, 2.05) is 0 Å². The Morgan fingerprint density at radius 3 is 2.00 bits per heavy atom. The maximum absolute atomic E-state index is 5.45. The van der Waals surface area contributed by atoms with Gasteiger partial charge in [-0.2, -0.15) is 0 Å². The smallest absolute Gasteiger partial charge is 0.0510 e. The second kappa shape index (κ2) is 2.71. The van der Waals surface area contributed by atoms with Crippen LogP contribution in [0, 0.1) is 11.8 Å². The van der Waals surface area contributed by atoms with E-state index in [0.29, 0.717) is 5.54 Å². The lowest BCUT2D eigenvalue weighted by Crippen LogP contribution is -2.40. The van der Waals surface area contributed by atoms with Crippen LogP contribution in [0.15, 0.2) is 0 Å². The quantitative estimate of drug-likeness (QED) is 0.543. The van der Waals surface area contributed by atoms with Gasteiger partial charge in [0, 0.05) is 30.5 Å². The molecule has 12 heavy (non-hydrogen) atoms. The molecule has 0 aromatic carbocycles. The van der Waals surface area contributed by atoms with Crippen molar-refractivity contribution in [3.05, 3.63) is 0 Å². The fraction of sp³-hybridized carbons (Fsp3) is 1.00. The highest BCUT2D eigenvalue weighted by molar-refractivity contribution is 4.92. The molecule has 2 fully saturated rings. The fourth-order valence-corrected chi connectivity index (χ4v) is 2.23. The molecule has 2 aliphatic rings. The lowest BCUT2D eigenvalue weighted by atomic mass is 10.0. The van der Waals surface area contributed by atoms with Crippen molar-refractivity contribution >= 4 is 0 Å². The van der Waals surface area contributed by atoms with Gasteiger partial charge >= 0.3 is 0 Å². The van der Waals surface area contributed by atoms with Gasteiger partial charge in [0.15, 0.2) is 0 Å². The van der Waals surface area contributed by atoms with E-state index in [9.17, 15) is 0 Å². The molecule has 2 rings (SSSR count). The fourth-order valence-electron chi connectivity index (χ4n) is 2.23. The molecule has 0 spiro atoms. The van der Waals surface area contributed by atoms with Crippen molar-refractivity contribution in [2.75, 3.05) is 26.3 Å². The second-order valence-electron chi connectivity index (χ2n) is 5.13. The number of hydrogen-bond acceptors (Lipinski definition) is 2. The van der Waals surface area contributed by atoms with Crippen molar-refractivity contribution in [3.63, 3.8) is 0 Å². The summed E-state index contributed by atoms with van der Waals surface area (Å²) in [6, 6.07) is 0. The standard InChI is InChI=1S/C10H19NO/c1-10(2,3)11-4-8-6-12-7-9(8)5-11/h8-9H,4-7H2,1-3H3/t8-,9+. The summed E-state index contributed by atoms with van der Waals surface area (Å²) in [6.07, 6.45) is 0. The summed E-state index contributed by atoms with van der Waals surface area (Å²) in [5.41, 5.74) is 0.352. The first kappa shape index (κ1) is 8.52. The van der Waals surface area contributed by atoms with Gasteiger partial charge < -0.3 is 4.74 Å². The highest BCUT2D eigenvalue weighted by Crippen LogP contribution is 2.32. The molecule has 0 radical (unpaired) electrons. The van der Waals surface area contributed by atoms with Crippen LogP contribution in [0.5, 0.6) is 0 Å². The maximum atomic E-state index is 5.45. The van der Waals surface area contributed by atoms with Crippen LogP contribution in [0.4, 0.5) is 0 Å². The van der Waals surface area contributed by atoms with Crippen molar-refractivity contribution in [2.24, 2.45) is 11.8 Å². The molecule has 2 atom stereocenters. The normalized spacial score (nSPS) is 37.2. The van der Waals surface area contributed by atoms with Crippen molar-refractivity contribution < 1.29 is 4.74 Å². The number of ether oxygens (including phenoxy) is 1. The summed E-state index contributed by atoms with van der Waals surface area (Å²) >= 11 is 0. The minimum atomic E-state index is 0.352. The first-order valence-corrected chi connectivity index (χ1v) is 4.90. The van der Waals surface area contributed by atoms with E-state index in [4.69, 9.17) is 4.74 Å². The summed E-state index contributed by atoms with van der Waals surface area (Å²) in [5, 5.41) is 0. The third kappa shape index (κ3) is 1.38. The molecule has 70 valence electrons. The van der Waals surface area contributed by atoms with Gasteiger partial charge in [0.05, 0.1) is 13.2 Å². The van der Waals surface area contributed by atoms with E-state index in [1.54, 1.807) is 0 Å². The number of likely N-dealkylation sites (tertiary alicyclic amines) is 1. The molecule has 2 saturated heterocycles. The monoisotopic (exact) mass is 169 g/mol. The molecular formula is C10H19NO. The Labute approximate surface area is 74.9 Å². The summed E-state index contributed by atoms with van der Waals surface area (Å²) in [4.78, 5) is 2.59. The lowest BCUT2D eigenvalue weighted by molar-refractivity contribution is 0.114. The molecule has 2 heterocycles. The van der Waals surface area contributed by atoms with Crippen molar-refractivity contribution in [2.45, 2.75) is 26.3 Å². The Bertz CT molecular complexity index is 161. The molecule has 0 unspecified atom stereocenters.